The first-order valence-electron chi connectivity index (χ1n) is 12.4. The number of hydrogen-bond acceptors (Lipinski definition) is 6. The molecule has 0 fully saturated rings. The van der Waals surface area contributed by atoms with E-state index in [2.05, 4.69) is 16.8 Å². The van der Waals surface area contributed by atoms with Gasteiger partial charge in [0.2, 0.25) is 6.79 Å². The van der Waals surface area contributed by atoms with E-state index in [1.165, 1.54) is 17.4 Å². The fourth-order valence-corrected chi connectivity index (χ4v) is 5.05. The van der Waals surface area contributed by atoms with Gasteiger partial charge in [-0.25, -0.2) is 13.8 Å². The van der Waals surface area contributed by atoms with Gasteiger partial charge in [-0.05, 0) is 35.7 Å². The number of ether oxygens (including phenoxy) is 2. The van der Waals surface area contributed by atoms with E-state index >= 15 is 0 Å². The third-order valence-electron chi connectivity index (χ3n) is 6.14. The van der Waals surface area contributed by atoms with E-state index in [0.717, 1.165) is 48.7 Å². The normalized spacial score (nSPS) is 12.9. The summed E-state index contributed by atoms with van der Waals surface area (Å²) in [6, 6.07) is 12.3. The molecule has 0 N–H and O–H groups in total. The zero-order valence-electron chi connectivity index (χ0n) is 20.8. The summed E-state index contributed by atoms with van der Waals surface area (Å²) in [6.07, 6.45) is 4.72. The van der Waals surface area contributed by atoms with Crippen molar-refractivity contribution in [1.82, 2.24) is 9.88 Å². The predicted octanol–water partition coefficient (Wildman–Crippen LogP) is 7.34. The smallest absolute Gasteiger partial charge is 0.270 e. The van der Waals surface area contributed by atoms with Crippen LogP contribution in [0.5, 0.6) is 11.5 Å². The molecule has 0 aliphatic carbocycles. The van der Waals surface area contributed by atoms with Crippen LogP contribution in [0.1, 0.15) is 78.1 Å². The number of aromatic nitrogens is 1. The number of rotatable bonds is 13. The lowest BCUT2D eigenvalue weighted by Crippen LogP contribution is -2.23. The number of Topliss-reactive ketones (excluding diaryl/α,β-unsaturated/α-hetero) is 1. The van der Waals surface area contributed by atoms with Crippen LogP contribution in [0.3, 0.4) is 0 Å². The maximum absolute atomic E-state index is 13.9. The van der Waals surface area contributed by atoms with Crippen molar-refractivity contribution in [2.24, 2.45) is 0 Å². The Morgan fingerprint density at radius 2 is 1.81 bits per heavy atom. The van der Waals surface area contributed by atoms with E-state index in [1.807, 2.05) is 29.6 Å². The molecule has 0 radical (unpaired) electrons. The maximum atomic E-state index is 13.9. The molecule has 8 heteroatoms. The number of alkyl halides is 2. The minimum atomic E-state index is -2.90. The zero-order chi connectivity index (χ0) is 25.5. The summed E-state index contributed by atoms with van der Waals surface area (Å²) in [7, 11) is 0. The van der Waals surface area contributed by atoms with Gasteiger partial charge in [-0.2, -0.15) is 0 Å². The van der Waals surface area contributed by atoms with Crippen LogP contribution in [0, 0.1) is 0 Å². The Morgan fingerprint density at radius 3 is 2.58 bits per heavy atom. The van der Waals surface area contributed by atoms with Crippen LogP contribution < -0.4 is 9.47 Å². The highest BCUT2D eigenvalue weighted by atomic mass is 32.1. The third-order valence-corrected chi connectivity index (χ3v) is 6.97. The average molecular weight is 515 g/mol. The van der Waals surface area contributed by atoms with Gasteiger partial charge in [0.05, 0.1) is 6.54 Å². The molecule has 0 unspecified atom stereocenters. The molecule has 2 aromatic carbocycles. The summed E-state index contributed by atoms with van der Waals surface area (Å²) in [5, 5.41) is 2.65. The summed E-state index contributed by atoms with van der Waals surface area (Å²) in [5.41, 5.74) is 2.31. The second-order valence-corrected chi connectivity index (χ2v) is 10.2. The zero-order valence-corrected chi connectivity index (χ0v) is 21.6. The minimum absolute atomic E-state index is 0.00626. The Bertz CT molecular complexity index is 1180. The fourth-order valence-electron chi connectivity index (χ4n) is 4.21. The number of ketones is 1. The number of thiazole rings is 1. The average Bonchev–Trinajstić information content (AvgIpc) is 3.51. The van der Waals surface area contributed by atoms with Gasteiger partial charge < -0.3 is 9.47 Å². The Kier molecular flexibility index (Phi) is 8.69. The molecule has 0 saturated heterocycles. The lowest BCUT2D eigenvalue weighted by atomic mass is 10.1. The molecule has 3 aromatic rings. The molecule has 1 aromatic heterocycles. The quantitative estimate of drug-likeness (QED) is 0.176. The number of halogens is 2. The van der Waals surface area contributed by atoms with Crippen LogP contribution in [0.4, 0.5) is 8.78 Å². The van der Waals surface area contributed by atoms with Gasteiger partial charge in [-0.3, -0.25) is 9.69 Å². The standard InChI is InChI=1S/C28H32F2N2O3S/c1-3-4-5-6-10-24(33)23-18-36-27(31-23)17-32(15-20-8-7-9-22(13-20)28(2,29)30)16-21-11-12-25-26(14-21)35-19-34-25/h7-9,11-14,18H,3-6,10,15-17,19H2,1-2H3. The number of fused-ring (bicyclic) bond motifs is 1. The van der Waals surface area contributed by atoms with Crippen LogP contribution in [-0.4, -0.2) is 22.5 Å². The first-order chi connectivity index (χ1) is 17.3. The van der Waals surface area contributed by atoms with Gasteiger partial charge in [-0.1, -0.05) is 50.5 Å². The summed E-state index contributed by atoms with van der Waals surface area (Å²) < 4.78 is 38.8. The number of hydrogen-bond donors (Lipinski definition) is 0. The Labute approximate surface area is 215 Å². The van der Waals surface area contributed by atoms with Crippen LogP contribution in [0.2, 0.25) is 0 Å². The van der Waals surface area contributed by atoms with E-state index in [0.29, 0.717) is 43.2 Å². The van der Waals surface area contributed by atoms with Gasteiger partial charge in [0.15, 0.2) is 17.3 Å². The number of carbonyl (C=O) groups excluding carboxylic acids is 1. The molecule has 192 valence electrons. The SMILES string of the molecule is CCCCCCC(=O)c1csc(CN(Cc2cccc(C(C)(F)F)c2)Cc2ccc3c(c2)OCO3)n1. The largest absolute Gasteiger partial charge is 0.454 e. The molecule has 0 bridgehead atoms. The van der Waals surface area contributed by atoms with Gasteiger partial charge in [0, 0.05) is 37.4 Å². The number of nitrogens with zero attached hydrogens (tertiary/aromatic N) is 2. The Hall–Kier alpha value is -2.84. The first kappa shape index (κ1) is 26.2. The molecule has 36 heavy (non-hydrogen) atoms. The van der Waals surface area contributed by atoms with Gasteiger partial charge in [0.1, 0.15) is 10.7 Å². The van der Waals surface area contributed by atoms with Crippen LogP contribution >= 0.6 is 11.3 Å². The fraction of sp³-hybridized carbons (Fsp3) is 0.429. The molecule has 1 aliphatic heterocycles. The molecule has 2 heterocycles. The van der Waals surface area contributed by atoms with Crippen LogP contribution in [0.15, 0.2) is 47.8 Å². The van der Waals surface area contributed by atoms with Gasteiger partial charge in [0.25, 0.3) is 5.92 Å². The van der Waals surface area contributed by atoms with Gasteiger partial charge >= 0.3 is 0 Å². The maximum Gasteiger partial charge on any atom is 0.270 e. The van der Waals surface area contributed by atoms with Gasteiger partial charge in [-0.15, -0.1) is 11.3 Å². The van der Waals surface area contributed by atoms with E-state index in [-0.39, 0.29) is 18.1 Å². The Balaban J connectivity index is 1.49. The highest BCUT2D eigenvalue weighted by Crippen LogP contribution is 2.33. The number of benzene rings is 2. The molecular weight excluding hydrogens is 482 g/mol. The van der Waals surface area contributed by atoms with Crippen molar-refractivity contribution in [1.29, 1.82) is 0 Å². The lowest BCUT2D eigenvalue weighted by molar-refractivity contribution is 0.0173. The number of carbonyl (C=O) groups is 1. The van der Waals surface area contributed by atoms with Crippen molar-refractivity contribution in [2.75, 3.05) is 6.79 Å². The van der Waals surface area contributed by atoms with E-state index in [1.54, 1.807) is 12.1 Å². The Morgan fingerprint density at radius 1 is 1.03 bits per heavy atom. The van der Waals surface area contributed by atoms with Crippen LogP contribution in [-0.2, 0) is 25.6 Å². The van der Waals surface area contributed by atoms with Crippen molar-refractivity contribution in [3.63, 3.8) is 0 Å². The molecular formula is C28H32F2N2O3S. The summed E-state index contributed by atoms with van der Waals surface area (Å²) >= 11 is 1.46. The number of unbranched alkanes of at least 4 members (excludes halogenated alkanes) is 3. The van der Waals surface area contributed by atoms with E-state index in [4.69, 9.17) is 9.47 Å². The summed E-state index contributed by atoms with van der Waals surface area (Å²) in [6.45, 7) is 4.77. The highest BCUT2D eigenvalue weighted by Gasteiger charge is 2.24. The van der Waals surface area contributed by atoms with Crippen molar-refractivity contribution in [2.45, 2.75) is 71.5 Å². The predicted molar refractivity (Wildman–Crippen MR) is 137 cm³/mol. The molecule has 1 aliphatic rings. The molecule has 4 rings (SSSR count). The topological polar surface area (TPSA) is 51.7 Å². The molecule has 0 saturated carbocycles. The molecule has 5 nitrogen and oxygen atoms in total. The van der Waals surface area contributed by atoms with E-state index < -0.39 is 5.92 Å². The van der Waals surface area contributed by atoms with Crippen molar-refractivity contribution in [3.05, 3.63) is 75.2 Å². The summed E-state index contributed by atoms with van der Waals surface area (Å²) in [4.78, 5) is 19.3. The third kappa shape index (κ3) is 7.11. The van der Waals surface area contributed by atoms with E-state index in [9.17, 15) is 13.6 Å². The highest BCUT2D eigenvalue weighted by molar-refractivity contribution is 7.09. The van der Waals surface area contributed by atoms with Crippen molar-refractivity contribution >= 4 is 17.1 Å². The molecule has 0 amide bonds. The lowest BCUT2D eigenvalue weighted by Gasteiger charge is -2.22. The van der Waals surface area contributed by atoms with Crippen LogP contribution in [0.25, 0.3) is 0 Å². The molecule has 0 spiro atoms. The summed E-state index contributed by atoms with van der Waals surface area (Å²) in [5.74, 6) is -1.41. The second kappa shape index (κ2) is 11.9. The second-order valence-electron chi connectivity index (χ2n) is 9.28. The first-order valence-corrected chi connectivity index (χ1v) is 13.3. The monoisotopic (exact) mass is 514 g/mol. The van der Waals surface area contributed by atoms with Crippen molar-refractivity contribution < 1.29 is 23.0 Å². The van der Waals surface area contributed by atoms with Crippen molar-refractivity contribution in [3.8, 4) is 11.5 Å². The minimum Gasteiger partial charge on any atom is -0.454 e. The molecule has 0 atom stereocenters.